The van der Waals surface area contributed by atoms with E-state index in [1.165, 1.54) is 38.2 Å². The maximum absolute atomic E-state index is 5.64. The average molecular weight is 384 g/mol. The molecule has 2 fully saturated rings. The Kier molecular flexibility index (Phi) is 4.97. The van der Waals surface area contributed by atoms with Gasteiger partial charge in [0.2, 0.25) is 0 Å². The molecule has 0 saturated carbocycles. The van der Waals surface area contributed by atoms with Gasteiger partial charge in [0.1, 0.15) is 0 Å². The first kappa shape index (κ1) is 19.8. The lowest BCUT2D eigenvalue weighted by molar-refractivity contribution is 0.0965. The van der Waals surface area contributed by atoms with Gasteiger partial charge in [0.25, 0.3) is 0 Å². The molecule has 0 atom stereocenters. The number of rotatable bonds is 3. The minimum absolute atomic E-state index is 0.00899. The zero-order valence-corrected chi connectivity index (χ0v) is 18.6. The number of piperidine rings is 1. The summed E-state index contributed by atoms with van der Waals surface area (Å²) in [5.41, 5.74) is 3.71. The molecule has 0 N–H and O–H groups in total. The third-order valence-electron chi connectivity index (χ3n) is 6.82. The third-order valence-corrected chi connectivity index (χ3v) is 6.82. The lowest BCUT2D eigenvalue weighted by Crippen LogP contribution is -2.52. The van der Waals surface area contributed by atoms with Gasteiger partial charge in [-0.3, -0.25) is 0 Å². The molecule has 1 aromatic heterocycles. The fraction of sp³-hybridized carbons (Fsp3) is 0.708. The molecule has 2 aromatic rings. The Balaban J connectivity index is 1.31. The van der Waals surface area contributed by atoms with Gasteiger partial charge < -0.3 is 14.3 Å². The van der Waals surface area contributed by atoms with Crippen LogP contribution in [0.4, 0.5) is 5.69 Å². The van der Waals surface area contributed by atoms with Crippen LogP contribution in [0.5, 0.6) is 0 Å². The van der Waals surface area contributed by atoms with Gasteiger partial charge in [-0.2, -0.15) is 0 Å². The topological polar surface area (TPSA) is 32.5 Å². The molecule has 2 aliphatic heterocycles. The van der Waals surface area contributed by atoms with Gasteiger partial charge in [-0.25, -0.2) is 0 Å². The SMILES string of the molecule is CC(C)(C)c1noc2cc(N3CC(CN4CCC(C(C)(C)C)CC4)C3)ccc12. The van der Waals surface area contributed by atoms with E-state index in [4.69, 9.17) is 4.52 Å². The van der Waals surface area contributed by atoms with Crippen molar-refractivity contribution in [3.05, 3.63) is 23.9 Å². The van der Waals surface area contributed by atoms with Crippen LogP contribution in [0.1, 0.15) is 60.1 Å². The fourth-order valence-electron chi connectivity index (χ4n) is 4.91. The second-order valence-electron chi connectivity index (χ2n) is 11.2. The first-order chi connectivity index (χ1) is 13.1. The first-order valence-corrected chi connectivity index (χ1v) is 11.0. The molecular weight excluding hydrogens is 346 g/mol. The average Bonchev–Trinajstić information content (AvgIpc) is 3.00. The summed E-state index contributed by atoms with van der Waals surface area (Å²) in [6, 6.07) is 6.59. The minimum atomic E-state index is 0.00899. The molecule has 2 aliphatic rings. The van der Waals surface area contributed by atoms with Crippen molar-refractivity contribution in [3.63, 3.8) is 0 Å². The molecule has 4 rings (SSSR count). The van der Waals surface area contributed by atoms with E-state index in [2.05, 4.69) is 74.7 Å². The number of aromatic nitrogens is 1. The van der Waals surface area contributed by atoms with Gasteiger partial charge in [-0.05, 0) is 49.4 Å². The van der Waals surface area contributed by atoms with E-state index in [9.17, 15) is 0 Å². The zero-order chi connectivity index (χ0) is 20.1. The summed E-state index contributed by atoms with van der Waals surface area (Å²) in [4.78, 5) is 5.17. The van der Waals surface area contributed by atoms with E-state index >= 15 is 0 Å². The largest absolute Gasteiger partial charge is 0.371 e. The molecule has 0 unspecified atom stereocenters. The summed E-state index contributed by atoms with van der Waals surface area (Å²) >= 11 is 0. The van der Waals surface area contributed by atoms with Crippen LogP contribution in [0.15, 0.2) is 22.7 Å². The Bertz CT molecular complexity index is 812. The highest BCUT2D eigenvalue weighted by Crippen LogP contribution is 2.36. The maximum Gasteiger partial charge on any atom is 0.169 e. The highest BCUT2D eigenvalue weighted by Gasteiger charge is 2.33. The zero-order valence-electron chi connectivity index (χ0n) is 18.6. The first-order valence-electron chi connectivity index (χ1n) is 11.0. The molecule has 4 nitrogen and oxygen atoms in total. The summed E-state index contributed by atoms with van der Waals surface area (Å²) in [5.74, 6) is 1.68. The van der Waals surface area contributed by atoms with E-state index in [0.717, 1.165) is 41.6 Å². The highest BCUT2D eigenvalue weighted by molar-refractivity contribution is 5.84. The van der Waals surface area contributed by atoms with Crippen molar-refractivity contribution in [3.8, 4) is 0 Å². The summed E-state index contributed by atoms with van der Waals surface area (Å²) in [7, 11) is 0. The van der Waals surface area contributed by atoms with Crippen molar-refractivity contribution in [2.75, 3.05) is 37.6 Å². The third kappa shape index (κ3) is 3.94. The van der Waals surface area contributed by atoms with Gasteiger partial charge in [0.15, 0.2) is 5.58 Å². The van der Waals surface area contributed by atoms with E-state index < -0.39 is 0 Å². The molecule has 1 aromatic carbocycles. The number of hydrogen-bond acceptors (Lipinski definition) is 4. The van der Waals surface area contributed by atoms with E-state index in [1.807, 2.05) is 0 Å². The Labute approximate surface area is 170 Å². The molecule has 0 spiro atoms. The molecule has 0 bridgehead atoms. The van der Waals surface area contributed by atoms with Crippen LogP contribution in [0.2, 0.25) is 0 Å². The number of benzene rings is 1. The Hall–Kier alpha value is -1.55. The summed E-state index contributed by atoms with van der Waals surface area (Å²) in [6.07, 6.45) is 2.72. The van der Waals surface area contributed by atoms with Crippen LogP contribution in [0.3, 0.4) is 0 Å². The fourth-order valence-corrected chi connectivity index (χ4v) is 4.91. The molecule has 28 heavy (non-hydrogen) atoms. The maximum atomic E-state index is 5.64. The van der Waals surface area contributed by atoms with Crippen LogP contribution >= 0.6 is 0 Å². The molecule has 0 radical (unpaired) electrons. The number of nitrogens with zero attached hydrogens (tertiary/aromatic N) is 3. The normalized spacial score (nSPS) is 20.7. The van der Waals surface area contributed by atoms with E-state index in [0.29, 0.717) is 5.41 Å². The summed E-state index contributed by atoms with van der Waals surface area (Å²) < 4.78 is 5.64. The van der Waals surface area contributed by atoms with Crippen molar-refractivity contribution < 1.29 is 4.52 Å². The van der Waals surface area contributed by atoms with Gasteiger partial charge in [0.05, 0.1) is 5.69 Å². The van der Waals surface area contributed by atoms with Crippen LogP contribution in [0.25, 0.3) is 11.0 Å². The van der Waals surface area contributed by atoms with Crippen LogP contribution in [0, 0.1) is 17.3 Å². The molecular formula is C24H37N3O. The van der Waals surface area contributed by atoms with E-state index in [1.54, 1.807) is 0 Å². The predicted octanol–water partition coefficient (Wildman–Crippen LogP) is 5.32. The summed E-state index contributed by atoms with van der Waals surface area (Å²) in [5, 5.41) is 5.47. The quantitative estimate of drug-likeness (QED) is 0.718. The van der Waals surface area contributed by atoms with Crippen LogP contribution in [-0.2, 0) is 5.41 Å². The van der Waals surface area contributed by atoms with Crippen molar-refractivity contribution in [2.24, 2.45) is 17.3 Å². The second-order valence-corrected chi connectivity index (χ2v) is 11.2. The smallest absolute Gasteiger partial charge is 0.169 e. The molecule has 0 aliphatic carbocycles. The molecule has 2 saturated heterocycles. The van der Waals surface area contributed by atoms with Crippen LogP contribution in [-0.4, -0.2) is 42.8 Å². The van der Waals surface area contributed by atoms with Crippen molar-refractivity contribution in [1.29, 1.82) is 0 Å². The molecule has 3 heterocycles. The van der Waals surface area contributed by atoms with Crippen molar-refractivity contribution in [2.45, 2.75) is 59.8 Å². The van der Waals surface area contributed by atoms with E-state index in [-0.39, 0.29) is 5.41 Å². The summed E-state index contributed by atoms with van der Waals surface area (Å²) in [6.45, 7) is 19.9. The predicted molar refractivity (Wildman–Crippen MR) is 117 cm³/mol. The van der Waals surface area contributed by atoms with Gasteiger partial charge in [-0.1, -0.05) is 46.7 Å². The Morgan fingerprint density at radius 1 is 1.04 bits per heavy atom. The molecule has 0 amide bonds. The Morgan fingerprint density at radius 2 is 1.71 bits per heavy atom. The standard InChI is InChI=1S/C24H37N3O/c1-23(2,3)18-9-11-26(12-10-18)14-17-15-27(16-17)19-7-8-20-21(13-19)28-25-22(20)24(4,5)6/h7-8,13,17-18H,9-12,14-16H2,1-6H3. The molecule has 4 heteroatoms. The molecule has 154 valence electrons. The van der Waals surface area contributed by atoms with Crippen molar-refractivity contribution >= 4 is 16.7 Å². The van der Waals surface area contributed by atoms with Gasteiger partial charge >= 0.3 is 0 Å². The van der Waals surface area contributed by atoms with Crippen LogP contribution < -0.4 is 4.90 Å². The monoisotopic (exact) mass is 383 g/mol. The lowest BCUT2D eigenvalue weighted by Gasteiger charge is -2.45. The second kappa shape index (κ2) is 7.05. The lowest BCUT2D eigenvalue weighted by atomic mass is 9.75. The minimum Gasteiger partial charge on any atom is -0.371 e. The Morgan fingerprint density at radius 3 is 2.32 bits per heavy atom. The van der Waals surface area contributed by atoms with Crippen molar-refractivity contribution in [1.82, 2.24) is 10.1 Å². The van der Waals surface area contributed by atoms with Gasteiger partial charge in [0, 0.05) is 48.1 Å². The number of fused-ring (bicyclic) bond motifs is 1. The number of anilines is 1. The van der Waals surface area contributed by atoms with Gasteiger partial charge in [-0.15, -0.1) is 0 Å². The highest BCUT2D eigenvalue weighted by atomic mass is 16.5. The number of likely N-dealkylation sites (tertiary alicyclic amines) is 1. The number of hydrogen-bond donors (Lipinski definition) is 0.